The van der Waals surface area contributed by atoms with Gasteiger partial charge in [-0.15, -0.1) is 0 Å². The summed E-state index contributed by atoms with van der Waals surface area (Å²) < 4.78 is 0.908. The molecule has 1 aliphatic heterocycles. The van der Waals surface area contributed by atoms with Gasteiger partial charge < -0.3 is 4.90 Å². The van der Waals surface area contributed by atoms with E-state index in [1.165, 1.54) is 30.0 Å². The summed E-state index contributed by atoms with van der Waals surface area (Å²) in [5.74, 6) is -0.644. The van der Waals surface area contributed by atoms with Crippen molar-refractivity contribution in [2.75, 3.05) is 11.4 Å². The molecule has 3 amide bonds. The predicted octanol–water partition coefficient (Wildman–Crippen LogP) is 5.11. The van der Waals surface area contributed by atoms with Crippen molar-refractivity contribution in [1.82, 2.24) is 4.90 Å². The van der Waals surface area contributed by atoms with Crippen LogP contribution >= 0.6 is 39.1 Å². The van der Waals surface area contributed by atoms with Crippen LogP contribution in [0.2, 0.25) is 10.0 Å². The molecule has 8 heteroatoms. The van der Waals surface area contributed by atoms with E-state index < -0.39 is 17.5 Å². The second-order valence-corrected chi connectivity index (χ2v) is 8.70. The smallest absolute Gasteiger partial charge is 0.302 e. The fraction of sp³-hybridized carbons (Fsp3) is 0.250. The number of amides is 3. The number of halogens is 3. The largest absolute Gasteiger partial charge is 0.332 e. The number of Topliss-reactive ketones (excluding diaryl/α,β-unsaturated/α-hetero) is 1. The average Bonchev–Trinajstić information content (AvgIpc) is 2.77. The summed E-state index contributed by atoms with van der Waals surface area (Å²) in [6.45, 7) is 2.89. The maximum atomic E-state index is 13.4. The summed E-state index contributed by atoms with van der Waals surface area (Å²) in [6, 6.07) is 11.4. The van der Waals surface area contributed by atoms with Crippen LogP contribution in [0.25, 0.3) is 0 Å². The van der Waals surface area contributed by atoms with Crippen LogP contribution in [0.4, 0.5) is 10.5 Å². The highest BCUT2D eigenvalue weighted by molar-refractivity contribution is 9.10. The van der Waals surface area contributed by atoms with Crippen molar-refractivity contribution in [2.24, 2.45) is 0 Å². The fourth-order valence-electron chi connectivity index (χ4n) is 3.31. The first kappa shape index (κ1) is 20.8. The molecule has 1 unspecified atom stereocenters. The Kier molecular flexibility index (Phi) is 5.84. The Morgan fingerprint density at radius 3 is 2.18 bits per heavy atom. The number of carbonyl (C=O) groups is 3. The quantitative estimate of drug-likeness (QED) is 0.555. The first-order chi connectivity index (χ1) is 13.1. The van der Waals surface area contributed by atoms with E-state index in [0.717, 1.165) is 14.9 Å². The van der Waals surface area contributed by atoms with Gasteiger partial charge in [-0.05, 0) is 49.7 Å². The second kappa shape index (κ2) is 7.85. The van der Waals surface area contributed by atoms with Crippen molar-refractivity contribution in [3.05, 3.63) is 62.5 Å². The number of hydrogen-bond donors (Lipinski definition) is 0. The Bertz CT molecular complexity index is 944. The van der Waals surface area contributed by atoms with Gasteiger partial charge in [-0.3, -0.25) is 9.59 Å². The van der Waals surface area contributed by atoms with Crippen LogP contribution < -0.4 is 4.90 Å². The van der Waals surface area contributed by atoms with Crippen LogP contribution in [0.15, 0.2) is 46.9 Å². The third-order valence-corrected chi connectivity index (χ3v) is 5.59. The summed E-state index contributed by atoms with van der Waals surface area (Å²) in [4.78, 5) is 40.7. The van der Waals surface area contributed by atoms with Gasteiger partial charge in [0.2, 0.25) is 0 Å². The number of carbonyl (C=O) groups excluding carboxylic acids is 3. The standard InChI is InChI=1S/C20H17BrCl2N2O3/c1-12(26)11-24-19(28)25(17-8-15(22)7-16(23)9-17)18(27)20(24,2)10-13-3-5-14(21)6-4-13/h3-9H,10-11H2,1-2H3. The number of ketones is 1. The summed E-state index contributed by atoms with van der Waals surface area (Å²) in [5, 5.41) is 0.616. The van der Waals surface area contributed by atoms with Gasteiger partial charge in [0.15, 0.2) is 0 Å². The third kappa shape index (κ3) is 3.95. The molecule has 5 nitrogen and oxygen atoms in total. The van der Waals surface area contributed by atoms with Crippen LogP contribution in [0.1, 0.15) is 19.4 Å². The zero-order chi connectivity index (χ0) is 20.6. The van der Waals surface area contributed by atoms with E-state index in [-0.39, 0.29) is 24.4 Å². The van der Waals surface area contributed by atoms with Crippen molar-refractivity contribution in [1.29, 1.82) is 0 Å². The van der Waals surface area contributed by atoms with Crippen LogP contribution in [-0.2, 0) is 16.0 Å². The average molecular weight is 484 g/mol. The van der Waals surface area contributed by atoms with E-state index >= 15 is 0 Å². The van der Waals surface area contributed by atoms with Gasteiger partial charge in [0.25, 0.3) is 5.91 Å². The molecule has 0 aliphatic carbocycles. The topological polar surface area (TPSA) is 57.7 Å². The minimum atomic E-state index is -1.22. The Labute approximate surface area is 181 Å². The molecule has 0 saturated carbocycles. The molecule has 1 saturated heterocycles. The normalized spacial score (nSPS) is 19.5. The number of rotatable bonds is 5. The molecule has 0 radical (unpaired) electrons. The van der Waals surface area contributed by atoms with E-state index in [9.17, 15) is 14.4 Å². The maximum absolute atomic E-state index is 13.4. The van der Waals surface area contributed by atoms with Crippen molar-refractivity contribution >= 4 is 62.5 Å². The van der Waals surface area contributed by atoms with Gasteiger partial charge in [0.05, 0.1) is 12.2 Å². The van der Waals surface area contributed by atoms with E-state index in [1.54, 1.807) is 6.92 Å². The second-order valence-electron chi connectivity index (χ2n) is 6.92. The van der Waals surface area contributed by atoms with Gasteiger partial charge in [0, 0.05) is 20.9 Å². The van der Waals surface area contributed by atoms with Crippen LogP contribution in [-0.4, -0.2) is 34.7 Å². The van der Waals surface area contributed by atoms with Crippen molar-refractivity contribution < 1.29 is 14.4 Å². The number of benzene rings is 2. The molecule has 0 spiro atoms. The summed E-state index contributed by atoms with van der Waals surface area (Å²) in [7, 11) is 0. The monoisotopic (exact) mass is 482 g/mol. The highest BCUT2D eigenvalue weighted by Gasteiger charge is 2.55. The lowest BCUT2D eigenvalue weighted by Crippen LogP contribution is -2.50. The zero-order valence-electron chi connectivity index (χ0n) is 15.2. The summed E-state index contributed by atoms with van der Waals surface area (Å²) in [5.41, 5.74) is -0.0716. The summed E-state index contributed by atoms with van der Waals surface area (Å²) >= 11 is 15.5. The van der Waals surface area contributed by atoms with E-state index in [1.807, 2.05) is 24.3 Å². The van der Waals surface area contributed by atoms with E-state index in [0.29, 0.717) is 10.0 Å². The SMILES string of the molecule is CC(=O)CN1C(=O)N(c2cc(Cl)cc(Cl)c2)C(=O)C1(C)Cc1ccc(Br)cc1. The fourth-order valence-corrected chi connectivity index (χ4v) is 4.09. The predicted molar refractivity (Wildman–Crippen MR) is 113 cm³/mol. The lowest BCUT2D eigenvalue weighted by atomic mass is 9.91. The number of urea groups is 1. The van der Waals surface area contributed by atoms with Gasteiger partial charge in [-0.1, -0.05) is 51.3 Å². The van der Waals surface area contributed by atoms with Gasteiger partial charge >= 0.3 is 6.03 Å². The molecule has 1 heterocycles. The lowest BCUT2D eigenvalue weighted by Gasteiger charge is -2.31. The van der Waals surface area contributed by atoms with Crippen molar-refractivity contribution in [3.63, 3.8) is 0 Å². The third-order valence-electron chi connectivity index (χ3n) is 4.63. The highest BCUT2D eigenvalue weighted by atomic mass is 79.9. The van der Waals surface area contributed by atoms with Gasteiger partial charge in [-0.25, -0.2) is 9.69 Å². The molecular weight excluding hydrogens is 467 g/mol. The molecule has 1 aliphatic rings. The molecule has 0 N–H and O–H groups in total. The molecular formula is C20H17BrCl2N2O3. The molecule has 1 atom stereocenters. The van der Waals surface area contributed by atoms with Gasteiger partial charge in [-0.2, -0.15) is 0 Å². The Morgan fingerprint density at radius 1 is 1.07 bits per heavy atom. The minimum absolute atomic E-state index is 0.164. The van der Waals surface area contributed by atoms with E-state index in [4.69, 9.17) is 23.2 Å². The number of anilines is 1. The molecule has 2 aromatic carbocycles. The molecule has 146 valence electrons. The Balaban J connectivity index is 2.05. The van der Waals surface area contributed by atoms with Crippen LogP contribution in [0, 0.1) is 0 Å². The molecule has 0 aromatic heterocycles. The number of imide groups is 1. The maximum Gasteiger partial charge on any atom is 0.332 e. The molecule has 1 fully saturated rings. The highest BCUT2D eigenvalue weighted by Crippen LogP contribution is 2.36. The Morgan fingerprint density at radius 2 is 1.64 bits per heavy atom. The minimum Gasteiger partial charge on any atom is -0.302 e. The number of hydrogen-bond acceptors (Lipinski definition) is 3. The number of nitrogens with zero attached hydrogens (tertiary/aromatic N) is 2. The van der Waals surface area contributed by atoms with Crippen LogP contribution in [0.3, 0.4) is 0 Å². The van der Waals surface area contributed by atoms with Crippen LogP contribution in [0.5, 0.6) is 0 Å². The molecule has 0 bridgehead atoms. The van der Waals surface area contributed by atoms with Crippen molar-refractivity contribution in [3.8, 4) is 0 Å². The van der Waals surface area contributed by atoms with E-state index in [2.05, 4.69) is 15.9 Å². The first-order valence-corrected chi connectivity index (χ1v) is 10.0. The van der Waals surface area contributed by atoms with Crippen molar-refractivity contribution in [2.45, 2.75) is 25.8 Å². The first-order valence-electron chi connectivity index (χ1n) is 8.48. The zero-order valence-corrected chi connectivity index (χ0v) is 18.3. The Hall–Kier alpha value is -1.89. The summed E-state index contributed by atoms with van der Waals surface area (Å²) in [6.07, 6.45) is 0.267. The molecule has 3 rings (SSSR count). The molecule has 28 heavy (non-hydrogen) atoms. The molecule has 2 aromatic rings. The lowest BCUT2D eigenvalue weighted by molar-refractivity contribution is -0.125. The van der Waals surface area contributed by atoms with Gasteiger partial charge in [0.1, 0.15) is 11.3 Å².